The van der Waals surface area contributed by atoms with Gasteiger partial charge in [0, 0.05) is 23.6 Å². The molecule has 0 aliphatic rings. The second-order valence-corrected chi connectivity index (χ2v) is 8.32. The van der Waals surface area contributed by atoms with E-state index >= 15 is 0 Å². The number of nitro groups is 1. The molecule has 3 rings (SSSR count). The predicted octanol–water partition coefficient (Wildman–Crippen LogP) is 6.03. The van der Waals surface area contributed by atoms with Crippen molar-refractivity contribution in [3.63, 3.8) is 0 Å². The van der Waals surface area contributed by atoms with Crippen molar-refractivity contribution in [1.29, 1.82) is 0 Å². The highest BCUT2D eigenvalue weighted by molar-refractivity contribution is 6.44. The van der Waals surface area contributed by atoms with Gasteiger partial charge < -0.3 is 5.32 Å². The van der Waals surface area contributed by atoms with Crippen molar-refractivity contribution in [3.8, 4) is 5.69 Å². The van der Waals surface area contributed by atoms with Crippen LogP contribution in [0.2, 0.25) is 10.0 Å². The number of nitrogens with one attached hydrogen (secondary N) is 2. The average Bonchev–Trinajstić information content (AvgIpc) is 3.09. The molecule has 0 bridgehead atoms. The molecule has 2 amide bonds. The van der Waals surface area contributed by atoms with Gasteiger partial charge in [0.15, 0.2) is 0 Å². The molecule has 0 fully saturated rings. The Labute approximate surface area is 182 Å². The van der Waals surface area contributed by atoms with Crippen molar-refractivity contribution >= 4 is 46.4 Å². The van der Waals surface area contributed by atoms with E-state index in [4.69, 9.17) is 23.2 Å². The zero-order valence-electron chi connectivity index (χ0n) is 16.4. The van der Waals surface area contributed by atoms with Crippen molar-refractivity contribution in [2.45, 2.75) is 26.2 Å². The molecule has 0 saturated carbocycles. The predicted molar refractivity (Wildman–Crippen MR) is 118 cm³/mol. The number of rotatable bonds is 4. The molecule has 10 heteroatoms. The number of carbonyl (C=O) groups is 1. The second-order valence-electron chi connectivity index (χ2n) is 7.53. The van der Waals surface area contributed by atoms with Gasteiger partial charge in [-0.1, -0.05) is 50.0 Å². The van der Waals surface area contributed by atoms with Gasteiger partial charge >= 0.3 is 6.03 Å². The van der Waals surface area contributed by atoms with E-state index in [1.54, 1.807) is 36.4 Å². The van der Waals surface area contributed by atoms with Crippen molar-refractivity contribution in [1.82, 2.24) is 9.78 Å². The topological polar surface area (TPSA) is 102 Å². The van der Waals surface area contributed by atoms with Gasteiger partial charge in [0.05, 0.1) is 32.0 Å². The lowest BCUT2D eigenvalue weighted by Crippen LogP contribution is -2.21. The maximum absolute atomic E-state index is 12.6. The number of urea groups is 1. The molecule has 0 spiro atoms. The summed E-state index contributed by atoms with van der Waals surface area (Å²) in [6.07, 6.45) is 0. The quantitative estimate of drug-likeness (QED) is 0.376. The molecule has 8 nitrogen and oxygen atoms in total. The van der Waals surface area contributed by atoms with Crippen LogP contribution in [0, 0.1) is 10.1 Å². The first kappa shape index (κ1) is 21.6. The van der Waals surface area contributed by atoms with Crippen molar-refractivity contribution < 1.29 is 9.72 Å². The van der Waals surface area contributed by atoms with E-state index < -0.39 is 11.0 Å². The molecule has 156 valence electrons. The van der Waals surface area contributed by atoms with Crippen LogP contribution in [-0.2, 0) is 5.41 Å². The Morgan fingerprint density at radius 1 is 1.10 bits per heavy atom. The van der Waals surface area contributed by atoms with Gasteiger partial charge in [-0.05, 0) is 24.3 Å². The van der Waals surface area contributed by atoms with Crippen LogP contribution >= 0.6 is 23.2 Å². The minimum absolute atomic E-state index is 0.0372. The molecule has 2 N–H and O–H groups in total. The number of aromatic nitrogens is 2. The summed E-state index contributed by atoms with van der Waals surface area (Å²) in [4.78, 5) is 23.0. The summed E-state index contributed by atoms with van der Waals surface area (Å²) in [5.41, 5.74) is 1.34. The number of nitrogens with zero attached hydrogens (tertiary/aromatic N) is 3. The van der Waals surface area contributed by atoms with E-state index in [1.165, 1.54) is 16.8 Å². The van der Waals surface area contributed by atoms with E-state index in [0.717, 1.165) is 5.69 Å². The standard InChI is InChI=1S/C20H19Cl2N5O3/c1-20(2,3)16-11-17(24-19(28)23-15-6-4-5-14(21)18(15)22)26(25-16)12-7-9-13(10-8-12)27(29)30/h4-11H,1-3H3,(H2,23,24,28). The maximum atomic E-state index is 12.6. The zero-order chi connectivity index (χ0) is 22.1. The summed E-state index contributed by atoms with van der Waals surface area (Å²) in [6, 6.07) is 12.0. The number of amides is 2. The maximum Gasteiger partial charge on any atom is 0.324 e. The number of benzene rings is 2. The molecule has 1 aromatic heterocycles. The third-order valence-corrected chi connectivity index (χ3v) is 5.04. The van der Waals surface area contributed by atoms with Gasteiger partial charge in [0.25, 0.3) is 5.69 Å². The van der Waals surface area contributed by atoms with Gasteiger partial charge in [-0.2, -0.15) is 5.10 Å². The van der Waals surface area contributed by atoms with Crippen LogP contribution in [0.4, 0.5) is 22.0 Å². The van der Waals surface area contributed by atoms with E-state index in [2.05, 4.69) is 15.7 Å². The average molecular weight is 448 g/mol. The Morgan fingerprint density at radius 2 is 1.77 bits per heavy atom. The molecular weight excluding hydrogens is 429 g/mol. The SMILES string of the molecule is CC(C)(C)c1cc(NC(=O)Nc2cccc(Cl)c2Cl)n(-c2ccc([N+](=O)[O-])cc2)n1. The monoisotopic (exact) mass is 447 g/mol. The minimum Gasteiger partial charge on any atom is -0.306 e. The molecular formula is C20H19Cl2N5O3. The van der Waals surface area contributed by atoms with Gasteiger partial charge in [0.2, 0.25) is 0 Å². The Balaban J connectivity index is 1.93. The Morgan fingerprint density at radius 3 is 2.37 bits per heavy atom. The summed E-state index contributed by atoms with van der Waals surface area (Å²) in [5.74, 6) is 0.393. The molecule has 0 unspecified atom stereocenters. The number of halogens is 2. The minimum atomic E-state index is -0.539. The fourth-order valence-corrected chi connectivity index (χ4v) is 2.97. The fourth-order valence-electron chi connectivity index (χ4n) is 2.62. The van der Waals surface area contributed by atoms with Crippen LogP contribution in [-0.4, -0.2) is 20.7 Å². The van der Waals surface area contributed by atoms with Gasteiger partial charge in [-0.3, -0.25) is 15.4 Å². The van der Waals surface area contributed by atoms with Crippen LogP contribution < -0.4 is 10.6 Å². The lowest BCUT2D eigenvalue weighted by molar-refractivity contribution is -0.384. The van der Waals surface area contributed by atoms with Crippen LogP contribution in [0.3, 0.4) is 0 Å². The first-order valence-electron chi connectivity index (χ1n) is 8.93. The normalized spacial score (nSPS) is 11.2. The molecule has 2 aromatic carbocycles. The zero-order valence-corrected chi connectivity index (χ0v) is 18.0. The van der Waals surface area contributed by atoms with Gasteiger partial charge in [0.1, 0.15) is 5.82 Å². The van der Waals surface area contributed by atoms with Crippen molar-refractivity contribution in [3.05, 3.63) is 74.4 Å². The van der Waals surface area contributed by atoms with Crippen LogP contribution in [0.15, 0.2) is 48.5 Å². The number of carbonyl (C=O) groups excluding carboxylic acids is 1. The number of hydrogen-bond acceptors (Lipinski definition) is 4. The van der Waals surface area contributed by atoms with E-state index in [1.807, 2.05) is 20.8 Å². The number of anilines is 2. The summed E-state index contributed by atoms with van der Waals surface area (Å²) in [6.45, 7) is 5.97. The Kier molecular flexibility index (Phi) is 6.00. The highest BCUT2D eigenvalue weighted by Crippen LogP contribution is 2.30. The van der Waals surface area contributed by atoms with Gasteiger partial charge in [-0.25, -0.2) is 9.48 Å². The number of non-ortho nitro benzene ring substituents is 1. The molecule has 0 aliphatic carbocycles. The summed E-state index contributed by atoms with van der Waals surface area (Å²) in [7, 11) is 0. The molecule has 1 heterocycles. The number of hydrogen-bond donors (Lipinski definition) is 2. The molecule has 0 saturated heterocycles. The third-order valence-electron chi connectivity index (χ3n) is 4.22. The van der Waals surface area contributed by atoms with Crippen LogP contribution in [0.25, 0.3) is 5.69 Å². The molecule has 3 aromatic rings. The molecule has 30 heavy (non-hydrogen) atoms. The number of nitro benzene ring substituents is 1. The molecule has 0 aliphatic heterocycles. The van der Waals surface area contributed by atoms with E-state index in [0.29, 0.717) is 22.2 Å². The van der Waals surface area contributed by atoms with E-state index in [-0.39, 0.29) is 16.1 Å². The first-order valence-corrected chi connectivity index (χ1v) is 9.69. The van der Waals surface area contributed by atoms with Crippen LogP contribution in [0.1, 0.15) is 26.5 Å². The third kappa shape index (κ3) is 4.72. The Bertz CT molecular complexity index is 1100. The largest absolute Gasteiger partial charge is 0.324 e. The van der Waals surface area contributed by atoms with Crippen molar-refractivity contribution in [2.24, 2.45) is 0 Å². The Hall–Kier alpha value is -3.10. The fraction of sp³-hybridized carbons (Fsp3) is 0.200. The van der Waals surface area contributed by atoms with E-state index in [9.17, 15) is 14.9 Å². The first-order chi connectivity index (χ1) is 14.1. The summed E-state index contributed by atoms with van der Waals surface area (Å²) in [5, 5.41) is 21.4. The molecule has 0 atom stereocenters. The molecule has 0 radical (unpaired) electrons. The second kappa shape index (κ2) is 8.33. The van der Waals surface area contributed by atoms with Crippen molar-refractivity contribution in [2.75, 3.05) is 10.6 Å². The van der Waals surface area contributed by atoms with Crippen LogP contribution in [0.5, 0.6) is 0 Å². The highest BCUT2D eigenvalue weighted by atomic mass is 35.5. The van der Waals surface area contributed by atoms with Gasteiger partial charge in [-0.15, -0.1) is 0 Å². The highest BCUT2D eigenvalue weighted by Gasteiger charge is 2.22. The summed E-state index contributed by atoms with van der Waals surface area (Å²) >= 11 is 12.1. The smallest absolute Gasteiger partial charge is 0.306 e. The summed E-state index contributed by atoms with van der Waals surface area (Å²) < 4.78 is 1.52. The lowest BCUT2D eigenvalue weighted by Gasteiger charge is -2.14. The lowest BCUT2D eigenvalue weighted by atomic mass is 9.92.